The van der Waals surface area contributed by atoms with Crippen LogP contribution in [-0.4, -0.2) is 20.6 Å². The maximum absolute atomic E-state index is 6.90. The largest absolute Gasteiger partial charge is 0.452 e. The highest BCUT2D eigenvalue weighted by molar-refractivity contribution is 8.33. The Hall–Kier alpha value is -8.29. The zero-order chi connectivity index (χ0) is 48.9. The summed E-state index contributed by atoms with van der Waals surface area (Å²) in [5, 5.41) is 11.8. The van der Waals surface area contributed by atoms with E-state index in [4.69, 9.17) is 8.83 Å². The first-order valence-corrected chi connectivity index (χ1v) is 30.7. The number of fused-ring (bicyclic) bond motifs is 15. The van der Waals surface area contributed by atoms with Gasteiger partial charge in [-0.1, -0.05) is 110 Å². The van der Waals surface area contributed by atoms with Crippen LogP contribution in [-0.2, 0) is 0 Å². The van der Waals surface area contributed by atoms with Gasteiger partial charge in [-0.3, -0.25) is 0 Å². The van der Waals surface area contributed by atoms with E-state index in [0.717, 1.165) is 93.9 Å². The van der Waals surface area contributed by atoms with Gasteiger partial charge in [0.25, 0.3) is 0 Å². The quantitative estimate of drug-likeness (QED) is 0.155. The second kappa shape index (κ2) is 15.4. The van der Waals surface area contributed by atoms with Crippen LogP contribution in [0.5, 0.6) is 0 Å². The Morgan fingerprint density at radius 3 is 1.55 bits per heavy atom. The lowest BCUT2D eigenvalue weighted by molar-refractivity contribution is 0.634. The fourth-order valence-electron chi connectivity index (χ4n) is 12.6. The highest BCUT2D eigenvalue weighted by Crippen LogP contribution is 2.68. The van der Waals surface area contributed by atoms with E-state index in [1.54, 1.807) is 0 Å². The summed E-state index contributed by atoms with van der Waals surface area (Å²) in [6.07, 6.45) is 4.86. The molecule has 6 heteroatoms. The lowest BCUT2D eigenvalue weighted by Gasteiger charge is -2.31. The van der Waals surface area contributed by atoms with Gasteiger partial charge < -0.3 is 18.6 Å². The van der Waals surface area contributed by atoms with E-state index >= 15 is 0 Å². The van der Waals surface area contributed by atoms with Crippen LogP contribution >= 0.6 is 10.0 Å². The van der Waals surface area contributed by atoms with Gasteiger partial charge in [-0.15, -0.1) is 0 Å². The van der Waals surface area contributed by atoms with Gasteiger partial charge in [-0.05, 0) is 189 Å². The van der Waals surface area contributed by atoms with Crippen molar-refractivity contribution < 1.29 is 8.83 Å². The van der Waals surface area contributed by atoms with Crippen LogP contribution in [0, 0.1) is 6.92 Å². The normalized spacial score (nSPS) is 14.5. The fourth-order valence-corrected chi connectivity index (χ4v) is 18.2. The summed E-state index contributed by atoms with van der Waals surface area (Å²) in [4.78, 5) is 7.73. The lowest BCUT2D eigenvalue weighted by Crippen LogP contribution is -2.49. The van der Waals surface area contributed by atoms with E-state index in [1.807, 2.05) is 0 Å². The molecule has 0 fully saturated rings. The van der Waals surface area contributed by atoms with Gasteiger partial charge >= 0.3 is 0 Å². The van der Waals surface area contributed by atoms with Crippen molar-refractivity contribution in [3.8, 4) is 22.3 Å². The molecular weight excluding hydrogens is 925 g/mol. The minimum absolute atomic E-state index is 0.772. The van der Waals surface area contributed by atoms with E-state index in [1.165, 1.54) is 53.7 Å². The molecule has 0 bridgehead atoms. The molecule has 0 unspecified atom stereocenters. The first kappa shape index (κ1) is 42.4. The molecule has 13 aromatic rings. The van der Waals surface area contributed by atoms with Crippen molar-refractivity contribution in [1.29, 1.82) is 0 Å². The van der Waals surface area contributed by atoms with E-state index in [9.17, 15) is 0 Å². The average Bonchev–Trinajstić information content (AvgIpc) is 4.12. The molecule has 0 amide bonds. The standard InChI is InChI=1S/C67H50N2O2SSi/c1-41-58(31-32-62-65(41)54-21-12-14-22-61(54)72(62,2)3)69(47-18-10-7-11-19-47)49-27-25-43-37-56-53-30-29-52-55-36-42-24-26-48(34-44(42)38-59(55)70-66(52)67(53)71-60(56)39-45(43)35-49)68(46-16-8-6-9-17-46)50-28-33-64-57(40-50)51-20-13-15-23-63(51)73(64,4)5/h6-40H,1-5H3. The molecule has 11 aromatic carbocycles. The molecule has 0 aliphatic carbocycles. The number of nitrogens with zero attached hydrogens (tertiary/aromatic N) is 2. The van der Waals surface area contributed by atoms with Crippen LogP contribution in [0.1, 0.15) is 5.56 Å². The molecule has 2 aromatic heterocycles. The summed E-state index contributed by atoms with van der Waals surface area (Å²) in [5.41, 5.74) is 16.7. The Labute approximate surface area is 426 Å². The van der Waals surface area contributed by atoms with Crippen molar-refractivity contribution >= 4 is 128 Å². The molecule has 0 radical (unpaired) electrons. The molecular formula is C67H50N2O2SSi. The van der Waals surface area contributed by atoms with Gasteiger partial charge in [-0.25, -0.2) is 0 Å². The Morgan fingerprint density at radius 1 is 0.384 bits per heavy atom. The number of furan rings is 2. The van der Waals surface area contributed by atoms with E-state index in [2.05, 4.69) is 255 Å². The Balaban J connectivity index is 0.832. The second-order valence-electron chi connectivity index (χ2n) is 20.9. The third-order valence-electron chi connectivity index (χ3n) is 16.2. The van der Waals surface area contributed by atoms with Crippen molar-refractivity contribution in [3.05, 3.63) is 218 Å². The van der Waals surface area contributed by atoms with Crippen molar-refractivity contribution in [3.63, 3.8) is 0 Å². The molecule has 350 valence electrons. The van der Waals surface area contributed by atoms with Crippen molar-refractivity contribution in [1.82, 2.24) is 0 Å². The predicted octanol–water partition coefficient (Wildman–Crippen LogP) is 18.3. The molecule has 2 aliphatic heterocycles. The minimum Gasteiger partial charge on any atom is -0.452 e. The summed E-state index contributed by atoms with van der Waals surface area (Å²) < 4.78 is 13.8. The van der Waals surface area contributed by atoms with Crippen LogP contribution in [0.25, 0.3) is 87.7 Å². The van der Waals surface area contributed by atoms with Crippen LogP contribution in [0.4, 0.5) is 34.1 Å². The number of anilines is 6. The van der Waals surface area contributed by atoms with Gasteiger partial charge in [0, 0.05) is 71.0 Å². The van der Waals surface area contributed by atoms with E-state index in [0.29, 0.717) is 0 Å². The van der Waals surface area contributed by atoms with Gasteiger partial charge in [0.1, 0.15) is 19.2 Å². The van der Waals surface area contributed by atoms with Crippen LogP contribution in [0.15, 0.2) is 231 Å². The first-order valence-electron chi connectivity index (χ1n) is 25.2. The van der Waals surface area contributed by atoms with Crippen LogP contribution in [0.3, 0.4) is 0 Å². The monoisotopic (exact) mass is 974 g/mol. The highest BCUT2D eigenvalue weighted by atomic mass is 32.3. The molecule has 73 heavy (non-hydrogen) atoms. The highest BCUT2D eigenvalue weighted by Gasteiger charge is 2.38. The topological polar surface area (TPSA) is 32.8 Å². The molecule has 0 saturated carbocycles. The fraction of sp³-hybridized carbons (Fsp3) is 0.0746. The third-order valence-corrected chi connectivity index (χ3v) is 22.7. The maximum Gasteiger partial charge on any atom is 0.178 e. The zero-order valence-electron chi connectivity index (χ0n) is 41.3. The van der Waals surface area contributed by atoms with E-state index in [-0.39, 0.29) is 0 Å². The molecule has 15 rings (SSSR count). The maximum atomic E-state index is 6.90. The molecule has 4 heterocycles. The SMILES string of the molecule is Cc1c(N(c2ccccc2)c2ccc3cc4c(cc3c2)oc2c4ccc3c4cc5ccc(N(c6ccccc6)c6ccc7c(c6)-c6ccccc6[Si]7(C)C)cc5cc4oc32)ccc2c1-c1ccccc1S2(C)C. The van der Waals surface area contributed by atoms with Crippen LogP contribution < -0.4 is 20.2 Å². The molecule has 2 aliphatic rings. The Morgan fingerprint density at radius 2 is 0.904 bits per heavy atom. The number of hydrogen-bond acceptors (Lipinski definition) is 4. The minimum atomic E-state index is -1.79. The van der Waals surface area contributed by atoms with Gasteiger partial charge in [-0.2, -0.15) is 10.0 Å². The van der Waals surface area contributed by atoms with Crippen molar-refractivity contribution in [2.45, 2.75) is 29.8 Å². The van der Waals surface area contributed by atoms with E-state index < -0.39 is 18.1 Å². The average molecular weight is 975 g/mol. The van der Waals surface area contributed by atoms with Gasteiger partial charge in [0.05, 0.1) is 0 Å². The summed E-state index contributed by atoms with van der Waals surface area (Å²) >= 11 is 0. The zero-order valence-corrected chi connectivity index (χ0v) is 43.1. The van der Waals surface area contributed by atoms with Gasteiger partial charge in [0.2, 0.25) is 0 Å². The summed E-state index contributed by atoms with van der Waals surface area (Å²) in [7, 11) is -2.91. The summed E-state index contributed by atoms with van der Waals surface area (Å²) in [6.45, 7) is 7.25. The molecule has 0 atom stereocenters. The summed E-state index contributed by atoms with van der Waals surface area (Å²) in [5.74, 6) is 0. The number of benzene rings is 11. The molecule has 0 N–H and O–H groups in total. The van der Waals surface area contributed by atoms with Crippen LogP contribution in [0.2, 0.25) is 13.1 Å². The lowest BCUT2D eigenvalue weighted by atomic mass is 9.98. The predicted molar refractivity (Wildman–Crippen MR) is 314 cm³/mol. The molecule has 0 spiro atoms. The Bertz CT molecular complexity index is 4480. The number of para-hydroxylation sites is 2. The second-order valence-corrected chi connectivity index (χ2v) is 28.8. The van der Waals surface area contributed by atoms with Gasteiger partial charge in [0.15, 0.2) is 11.2 Å². The molecule has 4 nitrogen and oxygen atoms in total. The summed E-state index contributed by atoms with van der Waals surface area (Å²) in [6, 6.07) is 78.3. The van der Waals surface area contributed by atoms with Crippen molar-refractivity contribution in [2.24, 2.45) is 0 Å². The molecule has 0 saturated heterocycles. The Kier molecular flexibility index (Phi) is 8.92. The smallest absolute Gasteiger partial charge is 0.178 e. The number of rotatable bonds is 6. The third kappa shape index (κ3) is 6.14. The first-order chi connectivity index (χ1) is 35.6. The van der Waals surface area contributed by atoms with Crippen molar-refractivity contribution in [2.75, 3.05) is 22.3 Å². The number of hydrogen-bond donors (Lipinski definition) is 0.